The summed E-state index contributed by atoms with van der Waals surface area (Å²) in [6, 6.07) is 24.3. The van der Waals surface area contributed by atoms with Crippen molar-refractivity contribution in [3.05, 3.63) is 136 Å². The Morgan fingerprint density at radius 3 is 2.53 bits per heavy atom. The van der Waals surface area contributed by atoms with E-state index in [0.717, 1.165) is 11.1 Å². The normalized spacial score (nSPS) is 17.5. The molecule has 0 saturated heterocycles. The summed E-state index contributed by atoms with van der Waals surface area (Å²) in [4.78, 5) is 33.3. The molecule has 1 amide bonds. The number of carbonyl (C=O) groups excluding carboxylic acids is 1. The zero-order valence-corrected chi connectivity index (χ0v) is 20.6. The van der Waals surface area contributed by atoms with E-state index in [2.05, 4.69) is 0 Å². The lowest BCUT2D eigenvalue weighted by molar-refractivity contribution is 0.0698. The minimum absolute atomic E-state index is 0.0270. The van der Waals surface area contributed by atoms with Crippen LogP contribution in [0, 0.1) is 0 Å². The molecule has 38 heavy (non-hydrogen) atoms. The number of pyridine rings is 2. The number of carbonyl (C=O) groups is 1. The molecule has 2 aliphatic rings. The first-order chi connectivity index (χ1) is 18.7. The van der Waals surface area contributed by atoms with Crippen molar-refractivity contribution in [2.45, 2.75) is 12.6 Å². The molecular formula is C30H26N4O4. The van der Waals surface area contributed by atoms with Crippen molar-refractivity contribution in [3.63, 3.8) is 0 Å². The predicted molar refractivity (Wildman–Crippen MR) is 143 cm³/mol. The van der Waals surface area contributed by atoms with E-state index in [1.54, 1.807) is 22.0 Å². The van der Waals surface area contributed by atoms with Gasteiger partial charge in [0, 0.05) is 25.0 Å². The van der Waals surface area contributed by atoms with E-state index in [4.69, 9.17) is 14.5 Å². The van der Waals surface area contributed by atoms with Crippen LogP contribution in [-0.4, -0.2) is 40.3 Å². The number of hydrogen-bond acceptors (Lipinski definition) is 6. The SMILES string of the molecule is O=C1c2c(OCc3ccccc3)c(=O)ccn2N2CN1C/C=C\COc1cccnc1C2c1ccccc1. The Bertz CT molecular complexity index is 1540. The van der Waals surface area contributed by atoms with Crippen molar-refractivity contribution in [2.24, 2.45) is 0 Å². The van der Waals surface area contributed by atoms with E-state index in [-0.39, 0.29) is 36.1 Å². The van der Waals surface area contributed by atoms with Crippen LogP contribution in [0.3, 0.4) is 0 Å². The number of rotatable bonds is 4. The fourth-order valence-corrected chi connectivity index (χ4v) is 4.84. The minimum atomic E-state index is -0.413. The standard InChI is InChI=1S/C30H26N4O4/c35-24-15-18-33-28(29(24)38-20-22-10-3-1-4-11-22)30(36)32-17-7-8-19-37-25-14-9-16-31-26(25)27(34(33)21-32)23-12-5-2-6-13-23/h1-16,18,27H,17,19-21H2/b8-7-. The summed E-state index contributed by atoms with van der Waals surface area (Å²) in [5.41, 5.74) is 2.42. The second-order valence-electron chi connectivity index (χ2n) is 9.07. The minimum Gasteiger partial charge on any atom is -0.488 e. The van der Waals surface area contributed by atoms with Crippen LogP contribution in [0.5, 0.6) is 11.5 Å². The highest BCUT2D eigenvalue weighted by molar-refractivity contribution is 5.96. The van der Waals surface area contributed by atoms with Crippen LogP contribution in [-0.2, 0) is 6.61 Å². The molecule has 0 N–H and O–H groups in total. The van der Waals surface area contributed by atoms with Crippen molar-refractivity contribution in [3.8, 4) is 11.5 Å². The molecule has 2 bridgehead atoms. The highest BCUT2D eigenvalue weighted by Crippen LogP contribution is 2.35. The summed E-state index contributed by atoms with van der Waals surface area (Å²) in [6.07, 6.45) is 7.16. The highest BCUT2D eigenvalue weighted by atomic mass is 16.5. The Hall–Kier alpha value is -4.85. The number of ether oxygens (including phenoxy) is 2. The number of aromatic nitrogens is 2. The first-order valence-corrected chi connectivity index (χ1v) is 12.5. The van der Waals surface area contributed by atoms with Crippen molar-refractivity contribution >= 4 is 5.91 Å². The molecule has 0 spiro atoms. The second kappa shape index (κ2) is 10.3. The monoisotopic (exact) mass is 506 g/mol. The van der Waals surface area contributed by atoms with E-state index in [0.29, 0.717) is 24.6 Å². The third-order valence-corrected chi connectivity index (χ3v) is 6.64. The summed E-state index contributed by atoms with van der Waals surface area (Å²) in [6.45, 7) is 1.14. The van der Waals surface area contributed by atoms with Gasteiger partial charge in [-0.3, -0.25) is 24.3 Å². The first-order valence-electron chi connectivity index (χ1n) is 12.5. The molecule has 190 valence electrons. The third kappa shape index (κ3) is 4.41. The van der Waals surface area contributed by atoms with Gasteiger partial charge in [-0.05, 0) is 29.3 Å². The molecule has 8 nitrogen and oxygen atoms in total. The molecule has 0 radical (unpaired) electrons. The zero-order valence-electron chi connectivity index (χ0n) is 20.6. The third-order valence-electron chi connectivity index (χ3n) is 6.64. The molecule has 0 aliphatic carbocycles. The van der Waals surface area contributed by atoms with Crippen LogP contribution in [0.4, 0.5) is 0 Å². The van der Waals surface area contributed by atoms with Gasteiger partial charge in [0.15, 0.2) is 11.4 Å². The van der Waals surface area contributed by atoms with Crippen molar-refractivity contribution in [1.29, 1.82) is 0 Å². The number of nitrogens with zero attached hydrogens (tertiary/aromatic N) is 4. The molecule has 6 rings (SSSR count). The number of hydrogen-bond donors (Lipinski definition) is 0. The van der Waals surface area contributed by atoms with Gasteiger partial charge in [0.1, 0.15) is 37.4 Å². The van der Waals surface area contributed by atoms with Gasteiger partial charge in [0.2, 0.25) is 5.43 Å². The summed E-state index contributed by atoms with van der Waals surface area (Å²) in [7, 11) is 0. The first kappa shape index (κ1) is 23.5. The van der Waals surface area contributed by atoms with Crippen molar-refractivity contribution < 1.29 is 14.3 Å². The lowest BCUT2D eigenvalue weighted by Crippen LogP contribution is -2.55. The lowest BCUT2D eigenvalue weighted by Gasteiger charge is -2.43. The molecule has 0 fully saturated rings. The summed E-state index contributed by atoms with van der Waals surface area (Å²) in [5, 5.41) is 2.02. The van der Waals surface area contributed by atoms with Crippen LogP contribution >= 0.6 is 0 Å². The maximum atomic E-state index is 13.8. The van der Waals surface area contributed by atoms with Gasteiger partial charge in [0.05, 0.1) is 0 Å². The topological polar surface area (TPSA) is 76.9 Å². The average Bonchev–Trinajstić information content (AvgIpc) is 2.99. The van der Waals surface area contributed by atoms with Crippen LogP contribution in [0.1, 0.15) is 33.4 Å². The Balaban J connectivity index is 1.54. The molecule has 0 saturated carbocycles. The van der Waals surface area contributed by atoms with Gasteiger partial charge in [-0.25, -0.2) is 0 Å². The number of fused-ring (bicyclic) bond motifs is 5. The van der Waals surface area contributed by atoms with E-state index in [1.807, 2.05) is 90.0 Å². The summed E-state index contributed by atoms with van der Waals surface area (Å²) >= 11 is 0. The molecule has 1 unspecified atom stereocenters. The molecule has 8 heteroatoms. The molecule has 4 heterocycles. The molecule has 1 atom stereocenters. The van der Waals surface area contributed by atoms with Crippen LogP contribution in [0.15, 0.2) is 108 Å². The molecule has 2 aromatic carbocycles. The van der Waals surface area contributed by atoms with Crippen LogP contribution in [0.2, 0.25) is 0 Å². The number of amides is 1. The van der Waals surface area contributed by atoms with Gasteiger partial charge in [-0.2, -0.15) is 0 Å². The summed E-state index contributed by atoms with van der Waals surface area (Å²) in [5.74, 6) is 0.401. The maximum Gasteiger partial charge on any atom is 0.278 e. The van der Waals surface area contributed by atoms with E-state index >= 15 is 0 Å². The van der Waals surface area contributed by atoms with Crippen molar-refractivity contribution in [1.82, 2.24) is 14.6 Å². The largest absolute Gasteiger partial charge is 0.488 e. The second-order valence-corrected chi connectivity index (χ2v) is 9.07. The molecular weight excluding hydrogens is 480 g/mol. The Morgan fingerprint density at radius 1 is 0.921 bits per heavy atom. The van der Waals surface area contributed by atoms with Crippen LogP contribution < -0.4 is 19.9 Å². The molecule has 2 aromatic heterocycles. The van der Waals surface area contributed by atoms with Gasteiger partial charge >= 0.3 is 0 Å². The smallest absolute Gasteiger partial charge is 0.278 e. The Labute approximate surface area is 220 Å². The average molecular weight is 507 g/mol. The van der Waals surface area contributed by atoms with Gasteiger partial charge in [-0.1, -0.05) is 66.7 Å². The predicted octanol–water partition coefficient (Wildman–Crippen LogP) is 3.91. The summed E-state index contributed by atoms with van der Waals surface area (Å²) < 4.78 is 13.9. The van der Waals surface area contributed by atoms with E-state index < -0.39 is 6.04 Å². The Kier molecular flexibility index (Phi) is 6.35. The van der Waals surface area contributed by atoms with Crippen LogP contribution in [0.25, 0.3) is 0 Å². The molecule has 4 aromatic rings. The quantitative estimate of drug-likeness (QED) is 0.391. The zero-order chi connectivity index (χ0) is 25.9. The van der Waals surface area contributed by atoms with E-state index in [9.17, 15) is 9.59 Å². The van der Waals surface area contributed by atoms with Gasteiger partial charge in [-0.15, -0.1) is 0 Å². The molecule has 2 aliphatic heterocycles. The Morgan fingerprint density at radius 2 is 1.71 bits per heavy atom. The maximum absolute atomic E-state index is 13.8. The fraction of sp³-hybridized carbons (Fsp3) is 0.167. The van der Waals surface area contributed by atoms with Crippen molar-refractivity contribution in [2.75, 3.05) is 24.8 Å². The highest BCUT2D eigenvalue weighted by Gasteiger charge is 2.38. The van der Waals surface area contributed by atoms with Gasteiger partial charge in [0.25, 0.3) is 5.91 Å². The number of benzene rings is 2. The van der Waals surface area contributed by atoms with E-state index in [1.165, 1.54) is 6.07 Å². The fourth-order valence-electron chi connectivity index (χ4n) is 4.84. The lowest BCUT2D eigenvalue weighted by atomic mass is 10.0. The van der Waals surface area contributed by atoms with Gasteiger partial charge < -0.3 is 14.4 Å².